The third-order valence-corrected chi connectivity index (χ3v) is 5.63. The number of hydrogen-bond donors (Lipinski definition) is 2. The molecule has 0 bridgehead atoms. The van der Waals surface area contributed by atoms with E-state index in [9.17, 15) is 18.3 Å². The van der Waals surface area contributed by atoms with Gasteiger partial charge >= 0.3 is 0 Å². The molecule has 200 valence electrons. The van der Waals surface area contributed by atoms with E-state index in [1.54, 1.807) is 31.5 Å². The molecule has 3 heterocycles. The van der Waals surface area contributed by atoms with Crippen molar-refractivity contribution in [2.24, 2.45) is 0 Å². The lowest BCUT2D eigenvalue weighted by Crippen LogP contribution is -2.27. The molecule has 0 aliphatic rings. The van der Waals surface area contributed by atoms with Gasteiger partial charge in [-0.1, -0.05) is 12.1 Å². The number of halogens is 3. The van der Waals surface area contributed by atoms with Gasteiger partial charge in [0.1, 0.15) is 23.8 Å². The zero-order valence-electron chi connectivity index (χ0n) is 21.4. The summed E-state index contributed by atoms with van der Waals surface area (Å²) in [5.41, 5.74) is 7.61. The first kappa shape index (κ1) is 27.0. The molecule has 0 radical (unpaired) electrons. The van der Waals surface area contributed by atoms with Crippen molar-refractivity contribution in [1.29, 1.82) is 0 Å². The largest absolute Gasteiger partial charge is 0.470 e. The maximum Gasteiger partial charge on any atom is 0.280 e. The molecule has 0 unspecified atom stereocenters. The quantitative estimate of drug-likeness (QED) is 0.322. The van der Waals surface area contributed by atoms with Gasteiger partial charge < -0.3 is 15.6 Å². The van der Waals surface area contributed by atoms with Crippen molar-refractivity contribution >= 4 is 5.95 Å². The van der Waals surface area contributed by atoms with Crippen LogP contribution < -0.4 is 10.5 Å². The molecule has 0 saturated heterocycles. The van der Waals surface area contributed by atoms with Gasteiger partial charge in [0.25, 0.3) is 6.43 Å². The molecule has 1 aromatic carbocycles. The van der Waals surface area contributed by atoms with Gasteiger partial charge in [-0.15, -0.1) is 5.10 Å². The Morgan fingerprint density at radius 3 is 2.42 bits per heavy atom. The van der Waals surface area contributed by atoms with Crippen LogP contribution in [0.15, 0.2) is 36.4 Å². The predicted octanol–water partition coefficient (Wildman–Crippen LogP) is 4.68. The summed E-state index contributed by atoms with van der Waals surface area (Å²) in [5, 5.41) is 18.6. The lowest BCUT2D eigenvalue weighted by Gasteiger charge is -2.18. The van der Waals surface area contributed by atoms with Crippen molar-refractivity contribution in [3.05, 3.63) is 65.0 Å². The number of ether oxygens (including phenoxy) is 1. The third-order valence-electron chi connectivity index (χ3n) is 5.63. The number of alkyl halides is 2. The zero-order valence-corrected chi connectivity index (χ0v) is 21.4. The first-order valence-electron chi connectivity index (χ1n) is 11.9. The molecule has 12 heteroatoms. The number of nitrogen functional groups attached to an aromatic ring is 1. The lowest BCUT2D eigenvalue weighted by atomic mass is 9.99. The van der Waals surface area contributed by atoms with Crippen molar-refractivity contribution in [2.45, 2.75) is 59.3 Å². The standard InChI is InChI=1S/C26H28F3N7O2/c1-5-20-19(34-35-36(20)13-26(3,4)37)12-38-24-21(16-10-14(2)31-18(11-16)23(28)29)22(32-25(30)33-24)15-6-8-17(27)9-7-15/h6-11,23,37H,5,12-13H2,1-4H3,(H2,30,32,33). The van der Waals surface area contributed by atoms with Crippen molar-refractivity contribution in [3.63, 3.8) is 0 Å². The number of benzene rings is 1. The van der Waals surface area contributed by atoms with E-state index in [1.807, 2.05) is 6.92 Å². The highest BCUT2D eigenvalue weighted by Crippen LogP contribution is 2.39. The summed E-state index contributed by atoms with van der Waals surface area (Å²) in [6.07, 6.45) is -2.23. The minimum absolute atomic E-state index is 0.0294. The van der Waals surface area contributed by atoms with Gasteiger partial charge in [0.15, 0.2) is 0 Å². The van der Waals surface area contributed by atoms with Crippen molar-refractivity contribution < 1.29 is 23.0 Å². The molecule has 0 saturated carbocycles. The van der Waals surface area contributed by atoms with E-state index in [2.05, 4.69) is 25.3 Å². The number of hydrogen-bond acceptors (Lipinski definition) is 8. The molecule has 3 N–H and O–H groups in total. The van der Waals surface area contributed by atoms with Gasteiger partial charge in [0, 0.05) is 11.3 Å². The molecule has 0 atom stereocenters. The van der Waals surface area contributed by atoms with Crippen LogP contribution in [0.2, 0.25) is 0 Å². The van der Waals surface area contributed by atoms with Gasteiger partial charge in [-0.3, -0.25) is 4.98 Å². The van der Waals surface area contributed by atoms with Crippen molar-refractivity contribution in [2.75, 3.05) is 5.73 Å². The van der Waals surface area contributed by atoms with E-state index in [0.29, 0.717) is 34.5 Å². The van der Waals surface area contributed by atoms with Crippen molar-refractivity contribution in [1.82, 2.24) is 29.9 Å². The van der Waals surface area contributed by atoms with E-state index in [0.717, 1.165) is 5.69 Å². The second kappa shape index (κ2) is 10.7. The summed E-state index contributed by atoms with van der Waals surface area (Å²) >= 11 is 0. The number of aromatic nitrogens is 6. The predicted molar refractivity (Wildman–Crippen MR) is 135 cm³/mol. The van der Waals surface area contributed by atoms with Crippen molar-refractivity contribution in [3.8, 4) is 28.3 Å². The minimum Gasteiger partial charge on any atom is -0.470 e. The summed E-state index contributed by atoms with van der Waals surface area (Å²) < 4.78 is 48.6. The Bertz CT molecular complexity index is 1430. The van der Waals surface area contributed by atoms with E-state index in [4.69, 9.17) is 10.5 Å². The van der Waals surface area contributed by atoms with Gasteiger partial charge in [-0.05, 0) is 69.2 Å². The summed E-state index contributed by atoms with van der Waals surface area (Å²) in [4.78, 5) is 12.5. The summed E-state index contributed by atoms with van der Waals surface area (Å²) in [6.45, 7) is 7.03. The highest BCUT2D eigenvalue weighted by Gasteiger charge is 2.23. The number of anilines is 1. The Labute approximate surface area is 217 Å². The number of aliphatic hydroxyl groups is 1. The maximum absolute atomic E-state index is 13.7. The highest BCUT2D eigenvalue weighted by molar-refractivity contribution is 5.85. The molecule has 0 aliphatic heterocycles. The van der Waals surface area contributed by atoms with Gasteiger partial charge in [-0.25, -0.2) is 22.8 Å². The van der Waals surface area contributed by atoms with E-state index in [1.165, 1.54) is 30.3 Å². The lowest BCUT2D eigenvalue weighted by molar-refractivity contribution is 0.0562. The minimum atomic E-state index is -2.81. The van der Waals surface area contributed by atoms with E-state index < -0.39 is 23.5 Å². The molecule has 0 aliphatic carbocycles. The number of pyridine rings is 1. The van der Waals surface area contributed by atoms with Crippen LogP contribution in [-0.4, -0.2) is 40.7 Å². The topological polar surface area (TPSA) is 125 Å². The Morgan fingerprint density at radius 2 is 1.79 bits per heavy atom. The molecular weight excluding hydrogens is 499 g/mol. The summed E-state index contributed by atoms with van der Waals surface area (Å²) in [5.74, 6) is -0.541. The molecule has 3 aromatic heterocycles. The van der Waals surface area contributed by atoms with Gasteiger partial charge in [0.05, 0.1) is 29.1 Å². The van der Waals surface area contributed by atoms with Gasteiger partial charge in [0.2, 0.25) is 11.8 Å². The van der Waals surface area contributed by atoms with E-state index in [-0.39, 0.29) is 30.7 Å². The molecule has 0 amide bonds. The Hall–Kier alpha value is -4.06. The molecule has 0 fully saturated rings. The summed E-state index contributed by atoms with van der Waals surface area (Å²) in [7, 11) is 0. The number of nitrogens with zero attached hydrogens (tertiary/aromatic N) is 6. The second-order valence-corrected chi connectivity index (χ2v) is 9.44. The molecule has 38 heavy (non-hydrogen) atoms. The van der Waals surface area contributed by atoms with Gasteiger partial charge in [-0.2, -0.15) is 4.98 Å². The van der Waals surface area contributed by atoms with Crippen LogP contribution in [-0.2, 0) is 19.6 Å². The van der Waals surface area contributed by atoms with Crippen LogP contribution in [0.25, 0.3) is 22.4 Å². The first-order valence-corrected chi connectivity index (χ1v) is 11.9. The fourth-order valence-electron chi connectivity index (χ4n) is 4.09. The number of aryl methyl sites for hydroxylation is 1. The fraction of sp³-hybridized carbons (Fsp3) is 0.346. The molecule has 9 nitrogen and oxygen atoms in total. The number of rotatable bonds is 9. The molecular formula is C26H28F3N7O2. The van der Waals surface area contributed by atoms with Crippen LogP contribution in [0.1, 0.15) is 50.0 Å². The van der Waals surface area contributed by atoms with Crippen LogP contribution in [0.5, 0.6) is 5.88 Å². The Morgan fingerprint density at radius 1 is 1.08 bits per heavy atom. The first-order chi connectivity index (χ1) is 17.9. The summed E-state index contributed by atoms with van der Waals surface area (Å²) in [6, 6.07) is 8.37. The van der Waals surface area contributed by atoms with E-state index >= 15 is 0 Å². The highest BCUT2D eigenvalue weighted by atomic mass is 19.3. The Kier molecular flexibility index (Phi) is 7.63. The van der Waals surface area contributed by atoms with Crippen LogP contribution >= 0.6 is 0 Å². The molecule has 0 spiro atoms. The molecule has 4 aromatic rings. The average Bonchev–Trinajstić information content (AvgIpc) is 3.22. The fourth-order valence-corrected chi connectivity index (χ4v) is 4.09. The zero-order chi connectivity index (χ0) is 27.6. The SMILES string of the molecule is CCc1c(COc2nc(N)nc(-c3ccc(F)cc3)c2-c2cc(C)nc(C(F)F)c2)nnn1CC(C)(C)O. The Balaban J connectivity index is 1.83. The van der Waals surface area contributed by atoms with Crippen LogP contribution in [0.4, 0.5) is 19.1 Å². The maximum atomic E-state index is 13.7. The second-order valence-electron chi connectivity index (χ2n) is 9.44. The smallest absolute Gasteiger partial charge is 0.280 e. The van der Waals surface area contributed by atoms with Crippen LogP contribution in [0, 0.1) is 12.7 Å². The average molecular weight is 528 g/mol. The number of nitrogens with two attached hydrogens (primary N) is 1. The molecule has 4 rings (SSSR count). The van der Waals surface area contributed by atoms with Crippen LogP contribution in [0.3, 0.4) is 0 Å². The normalized spacial score (nSPS) is 11.8. The monoisotopic (exact) mass is 527 g/mol. The third kappa shape index (κ3) is 6.08.